The molecule has 0 aliphatic heterocycles. The van der Waals surface area contributed by atoms with Crippen molar-refractivity contribution in [3.63, 3.8) is 0 Å². The molecule has 5 nitrogen and oxygen atoms in total. The first kappa shape index (κ1) is 19.7. The lowest BCUT2D eigenvalue weighted by molar-refractivity contribution is 0.106. The fourth-order valence-corrected chi connectivity index (χ4v) is 3.64. The third-order valence-corrected chi connectivity index (χ3v) is 5.27. The lowest BCUT2D eigenvalue weighted by Gasteiger charge is -2.30. The quantitative estimate of drug-likeness (QED) is 0.532. The average molecular weight is 348 g/mol. The number of aliphatic imine (C=N–C) groups is 1. The molecular weight excluding hydrogens is 314 g/mol. The third kappa shape index (κ3) is 6.01. The SMILES string of the molecule is CN=C(NCC(OC)c1ccccc1)NCC1(CCOC)CCCC1. The first-order valence-electron chi connectivity index (χ1n) is 9.24. The van der Waals surface area contributed by atoms with E-state index >= 15 is 0 Å². The number of rotatable bonds is 9. The molecule has 1 atom stereocenters. The Morgan fingerprint density at radius 2 is 1.88 bits per heavy atom. The van der Waals surface area contributed by atoms with Crippen LogP contribution in [0.2, 0.25) is 0 Å². The predicted octanol–water partition coefficient (Wildman–Crippen LogP) is 3.14. The molecule has 2 N–H and O–H groups in total. The van der Waals surface area contributed by atoms with Gasteiger partial charge in [-0.25, -0.2) is 0 Å². The topological polar surface area (TPSA) is 54.9 Å². The second-order valence-corrected chi connectivity index (χ2v) is 6.89. The molecular formula is C20H33N3O2. The molecule has 0 bridgehead atoms. The smallest absolute Gasteiger partial charge is 0.191 e. The van der Waals surface area contributed by atoms with Crippen LogP contribution in [0.4, 0.5) is 0 Å². The first-order valence-corrected chi connectivity index (χ1v) is 9.24. The number of hydrogen-bond acceptors (Lipinski definition) is 3. The summed E-state index contributed by atoms with van der Waals surface area (Å²) in [6.07, 6.45) is 6.29. The largest absolute Gasteiger partial charge is 0.385 e. The Morgan fingerprint density at radius 3 is 2.48 bits per heavy atom. The Kier molecular flexibility index (Phi) is 8.22. The molecule has 1 aliphatic rings. The molecule has 0 saturated heterocycles. The maximum absolute atomic E-state index is 5.62. The summed E-state index contributed by atoms with van der Waals surface area (Å²) in [5.74, 6) is 0.835. The van der Waals surface area contributed by atoms with Gasteiger partial charge in [-0.3, -0.25) is 4.99 Å². The van der Waals surface area contributed by atoms with Crippen LogP contribution in [0.1, 0.15) is 43.8 Å². The molecule has 0 heterocycles. The van der Waals surface area contributed by atoms with Crippen LogP contribution in [0.5, 0.6) is 0 Å². The molecule has 1 aromatic carbocycles. The van der Waals surface area contributed by atoms with Gasteiger partial charge in [-0.1, -0.05) is 43.2 Å². The molecule has 1 aromatic rings. The van der Waals surface area contributed by atoms with Crippen molar-refractivity contribution in [3.05, 3.63) is 35.9 Å². The monoisotopic (exact) mass is 347 g/mol. The minimum atomic E-state index is 0.00804. The van der Waals surface area contributed by atoms with Gasteiger partial charge < -0.3 is 20.1 Å². The Labute approximate surface area is 152 Å². The zero-order valence-corrected chi connectivity index (χ0v) is 15.9. The number of hydrogen-bond donors (Lipinski definition) is 2. The lowest BCUT2D eigenvalue weighted by Crippen LogP contribution is -2.44. The minimum absolute atomic E-state index is 0.00804. The molecule has 1 fully saturated rings. The van der Waals surface area contributed by atoms with E-state index in [1.807, 2.05) is 25.2 Å². The zero-order valence-electron chi connectivity index (χ0n) is 15.9. The number of methoxy groups -OCH3 is 2. The molecule has 1 saturated carbocycles. The molecule has 1 unspecified atom stereocenters. The van der Waals surface area contributed by atoms with E-state index in [1.54, 1.807) is 14.2 Å². The number of nitrogens with zero attached hydrogens (tertiary/aromatic N) is 1. The van der Waals surface area contributed by atoms with Crippen LogP contribution in [-0.2, 0) is 9.47 Å². The van der Waals surface area contributed by atoms with Gasteiger partial charge in [0.25, 0.3) is 0 Å². The van der Waals surface area contributed by atoms with Crippen molar-refractivity contribution in [2.45, 2.75) is 38.2 Å². The van der Waals surface area contributed by atoms with E-state index in [9.17, 15) is 0 Å². The number of guanidine groups is 1. The van der Waals surface area contributed by atoms with E-state index in [0.29, 0.717) is 12.0 Å². The van der Waals surface area contributed by atoms with Crippen LogP contribution < -0.4 is 10.6 Å². The van der Waals surface area contributed by atoms with Gasteiger partial charge in [-0.2, -0.15) is 0 Å². The highest BCUT2D eigenvalue weighted by Gasteiger charge is 2.33. The summed E-state index contributed by atoms with van der Waals surface area (Å²) in [5.41, 5.74) is 1.51. The number of ether oxygens (including phenoxy) is 2. The standard InChI is InChI=1S/C20H33N3O2/c1-21-19(22-15-18(25-3)17-9-5-4-6-10-17)23-16-20(13-14-24-2)11-7-8-12-20/h4-6,9-10,18H,7-8,11-16H2,1-3H3,(H2,21,22,23). The Balaban J connectivity index is 1.85. The summed E-state index contributed by atoms with van der Waals surface area (Å²) in [7, 11) is 5.34. The van der Waals surface area contributed by atoms with Crippen LogP contribution >= 0.6 is 0 Å². The van der Waals surface area contributed by atoms with Gasteiger partial charge in [0, 0.05) is 41.0 Å². The van der Waals surface area contributed by atoms with Gasteiger partial charge in [-0.15, -0.1) is 0 Å². The maximum Gasteiger partial charge on any atom is 0.191 e. The summed E-state index contributed by atoms with van der Waals surface area (Å²) < 4.78 is 10.9. The average Bonchev–Trinajstić information content (AvgIpc) is 3.13. The van der Waals surface area contributed by atoms with Gasteiger partial charge in [0.15, 0.2) is 5.96 Å². The van der Waals surface area contributed by atoms with Crippen molar-refractivity contribution < 1.29 is 9.47 Å². The zero-order chi connectivity index (χ0) is 18.0. The summed E-state index contributed by atoms with van der Waals surface area (Å²) in [6, 6.07) is 10.3. The van der Waals surface area contributed by atoms with Gasteiger partial charge in [-0.05, 0) is 30.2 Å². The molecule has 0 spiro atoms. The van der Waals surface area contributed by atoms with Crippen LogP contribution in [-0.4, -0.2) is 46.9 Å². The normalized spacial score (nSPS) is 18.1. The molecule has 1 aliphatic carbocycles. The summed E-state index contributed by atoms with van der Waals surface area (Å²) in [4.78, 5) is 4.37. The van der Waals surface area contributed by atoms with E-state index in [0.717, 1.165) is 25.5 Å². The molecule has 0 aromatic heterocycles. The molecule has 140 valence electrons. The lowest BCUT2D eigenvalue weighted by atomic mass is 9.83. The molecule has 0 amide bonds. The van der Waals surface area contributed by atoms with E-state index < -0.39 is 0 Å². The van der Waals surface area contributed by atoms with Gasteiger partial charge in [0.2, 0.25) is 0 Å². The van der Waals surface area contributed by atoms with E-state index in [2.05, 4.69) is 27.8 Å². The number of nitrogens with one attached hydrogen (secondary N) is 2. The summed E-state index contributed by atoms with van der Waals surface area (Å²) >= 11 is 0. The Hall–Kier alpha value is -1.59. The molecule has 0 radical (unpaired) electrons. The molecule has 5 heteroatoms. The van der Waals surface area contributed by atoms with E-state index in [4.69, 9.17) is 9.47 Å². The maximum atomic E-state index is 5.62. The second-order valence-electron chi connectivity index (χ2n) is 6.89. The summed E-state index contributed by atoms with van der Waals surface area (Å²) in [6.45, 7) is 2.46. The Bertz CT molecular complexity index is 513. The first-order chi connectivity index (χ1) is 12.2. The predicted molar refractivity (Wildman–Crippen MR) is 103 cm³/mol. The van der Waals surface area contributed by atoms with Crippen molar-refractivity contribution in [1.29, 1.82) is 0 Å². The minimum Gasteiger partial charge on any atom is -0.385 e. The van der Waals surface area contributed by atoms with E-state index in [-0.39, 0.29) is 6.10 Å². The van der Waals surface area contributed by atoms with Crippen molar-refractivity contribution in [3.8, 4) is 0 Å². The number of benzene rings is 1. The van der Waals surface area contributed by atoms with Crippen LogP contribution in [0.25, 0.3) is 0 Å². The summed E-state index contributed by atoms with van der Waals surface area (Å²) in [5, 5.41) is 6.92. The highest BCUT2D eigenvalue weighted by atomic mass is 16.5. The third-order valence-electron chi connectivity index (χ3n) is 5.27. The van der Waals surface area contributed by atoms with Crippen molar-refractivity contribution >= 4 is 5.96 Å². The highest BCUT2D eigenvalue weighted by molar-refractivity contribution is 5.79. The Morgan fingerprint density at radius 1 is 1.16 bits per heavy atom. The molecule has 2 rings (SSSR count). The second kappa shape index (κ2) is 10.4. The van der Waals surface area contributed by atoms with Crippen LogP contribution in [0.3, 0.4) is 0 Å². The van der Waals surface area contributed by atoms with Crippen LogP contribution in [0, 0.1) is 5.41 Å². The van der Waals surface area contributed by atoms with Crippen LogP contribution in [0.15, 0.2) is 35.3 Å². The van der Waals surface area contributed by atoms with Gasteiger partial charge in [0.05, 0.1) is 6.10 Å². The van der Waals surface area contributed by atoms with Crippen molar-refractivity contribution in [2.24, 2.45) is 10.4 Å². The van der Waals surface area contributed by atoms with Crippen molar-refractivity contribution in [1.82, 2.24) is 10.6 Å². The fraction of sp³-hybridized carbons (Fsp3) is 0.650. The van der Waals surface area contributed by atoms with Gasteiger partial charge in [0.1, 0.15) is 0 Å². The fourth-order valence-electron chi connectivity index (χ4n) is 3.64. The van der Waals surface area contributed by atoms with E-state index in [1.165, 1.54) is 31.2 Å². The molecule has 25 heavy (non-hydrogen) atoms. The van der Waals surface area contributed by atoms with Crippen molar-refractivity contribution in [2.75, 3.05) is 41.0 Å². The highest BCUT2D eigenvalue weighted by Crippen LogP contribution is 2.40. The van der Waals surface area contributed by atoms with Gasteiger partial charge >= 0.3 is 0 Å².